The van der Waals surface area contributed by atoms with Crippen molar-refractivity contribution in [3.05, 3.63) is 66.2 Å². The number of para-hydroxylation sites is 1. The lowest BCUT2D eigenvalue weighted by Gasteiger charge is -2.44. The van der Waals surface area contributed by atoms with Gasteiger partial charge in [-0.15, -0.1) is 0 Å². The maximum Gasteiger partial charge on any atom is 0.235 e. The first kappa shape index (κ1) is 15.5. The molecule has 2 aromatic rings. The number of hydrogen-bond acceptors (Lipinski definition) is 3. The van der Waals surface area contributed by atoms with Gasteiger partial charge in [0, 0.05) is 19.8 Å². The molecule has 0 spiro atoms. The first-order chi connectivity index (χ1) is 10.1. The molecule has 0 unspecified atom stereocenters. The Balaban J connectivity index is 2.41. The second-order valence-electron chi connectivity index (χ2n) is 5.32. The maximum atomic E-state index is 6.15. The van der Waals surface area contributed by atoms with E-state index in [1.807, 2.05) is 74.5 Å². The van der Waals surface area contributed by atoms with Gasteiger partial charge < -0.3 is 14.2 Å². The van der Waals surface area contributed by atoms with Crippen LogP contribution in [0.1, 0.15) is 19.4 Å². The van der Waals surface area contributed by atoms with Gasteiger partial charge >= 0.3 is 0 Å². The highest BCUT2D eigenvalue weighted by atomic mass is 16.7. The zero-order valence-electron chi connectivity index (χ0n) is 13.0. The molecule has 2 rings (SSSR count). The van der Waals surface area contributed by atoms with Crippen molar-refractivity contribution in [2.24, 2.45) is 0 Å². The highest BCUT2D eigenvalue weighted by Crippen LogP contribution is 2.40. The highest BCUT2D eigenvalue weighted by Gasteiger charge is 2.50. The lowest BCUT2D eigenvalue weighted by atomic mass is 9.89. The average Bonchev–Trinajstić information content (AvgIpc) is 2.50. The normalized spacial score (nSPS) is 12.2. The molecule has 0 bridgehead atoms. The van der Waals surface area contributed by atoms with E-state index >= 15 is 0 Å². The van der Waals surface area contributed by atoms with Crippen LogP contribution in [0.2, 0.25) is 0 Å². The van der Waals surface area contributed by atoms with Crippen molar-refractivity contribution in [1.82, 2.24) is 0 Å². The van der Waals surface area contributed by atoms with Crippen LogP contribution in [-0.2, 0) is 15.3 Å². The van der Waals surface area contributed by atoms with Gasteiger partial charge in [0.25, 0.3) is 0 Å². The Bertz CT molecular complexity index is 545. The molecule has 21 heavy (non-hydrogen) atoms. The number of methoxy groups -OCH3 is 2. The monoisotopic (exact) mass is 286 g/mol. The van der Waals surface area contributed by atoms with Crippen molar-refractivity contribution in [2.75, 3.05) is 14.2 Å². The molecule has 0 aliphatic rings. The van der Waals surface area contributed by atoms with Gasteiger partial charge in [-0.05, 0) is 26.0 Å². The minimum absolute atomic E-state index is 0.723. The van der Waals surface area contributed by atoms with Crippen molar-refractivity contribution in [3.8, 4) is 5.75 Å². The summed E-state index contributed by atoms with van der Waals surface area (Å²) in [6.45, 7) is 3.92. The summed E-state index contributed by atoms with van der Waals surface area (Å²) in [5.41, 5.74) is 0.190. The topological polar surface area (TPSA) is 27.7 Å². The summed E-state index contributed by atoms with van der Waals surface area (Å²) in [5.74, 6) is -0.221. The van der Waals surface area contributed by atoms with Gasteiger partial charge in [-0.2, -0.15) is 0 Å². The van der Waals surface area contributed by atoms with Crippen molar-refractivity contribution < 1.29 is 14.2 Å². The number of hydrogen-bond donors (Lipinski definition) is 0. The average molecular weight is 286 g/mol. The van der Waals surface area contributed by atoms with E-state index in [1.165, 1.54) is 0 Å². The third kappa shape index (κ3) is 2.94. The summed E-state index contributed by atoms with van der Waals surface area (Å²) in [6.07, 6.45) is 0. The van der Waals surface area contributed by atoms with Crippen LogP contribution in [-0.4, -0.2) is 19.8 Å². The lowest BCUT2D eigenvalue weighted by Crippen LogP contribution is -2.54. The molecule has 0 heterocycles. The van der Waals surface area contributed by atoms with E-state index in [4.69, 9.17) is 14.2 Å². The molecule has 0 saturated heterocycles. The molecule has 0 saturated carbocycles. The standard InChI is InChI=1S/C18H22O3/c1-17(2,21-16-13-9-6-10-14-16)18(19-3,20-4)15-11-7-5-8-12-15/h5-14H,1-4H3. The quantitative estimate of drug-likeness (QED) is 0.751. The first-order valence-electron chi connectivity index (χ1n) is 6.95. The van der Waals surface area contributed by atoms with Gasteiger partial charge in [0.2, 0.25) is 5.79 Å². The molecule has 0 atom stereocenters. The molecule has 0 aliphatic heterocycles. The summed E-state index contributed by atoms with van der Waals surface area (Å²) in [7, 11) is 3.26. The van der Waals surface area contributed by atoms with Crippen LogP contribution < -0.4 is 4.74 Å². The summed E-state index contributed by atoms with van der Waals surface area (Å²) >= 11 is 0. The Morgan fingerprint density at radius 3 is 1.67 bits per heavy atom. The Morgan fingerprint density at radius 1 is 0.714 bits per heavy atom. The van der Waals surface area contributed by atoms with E-state index in [0.717, 1.165) is 11.3 Å². The van der Waals surface area contributed by atoms with E-state index in [9.17, 15) is 0 Å². The predicted molar refractivity (Wildman–Crippen MR) is 83.3 cm³/mol. The molecule has 0 aromatic heterocycles. The molecule has 0 N–H and O–H groups in total. The minimum atomic E-state index is -0.996. The third-order valence-corrected chi connectivity index (χ3v) is 3.64. The zero-order chi connectivity index (χ0) is 15.3. The van der Waals surface area contributed by atoms with Crippen molar-refractivity contribution in [1.29, 1.82) is 0 Å². The largest absolute Gasteiger partial charge is 0.482 e. The molecule has 3 nitrogen and oxygen atoms in total. The van der Waals surface area contributed by atoms with Gasteiger partial charge in [0.1, 0.15) is 5.75 Å². The number of benzene rings is 2. The van der Waals surface area contributed by atoms with Crippen molar-refractivity contribution >= 4 is 0 Å². The lowest BCUT2D eigenvalue weighted by molar-refractivity contribution is -0.293. The summed E-state index contributed by atoms with van der Waals surface area (Å²) in [5, 5.41) is 0. The SMILES string of the molecule is COC(OC)(c1ccccc1)C(C)(C)Oc1ccccc1. The summed E-state index contributed by atoms with van der Waals surface area (Å²) in [4.78, 5) is 0. The maximum absolute atomic E-state index is 6.15. The second kappa shape index (κ2) is 6.29. The highest BCUT2D eigenvalue weighted by molar-refractivity contribution is 5.27. The number of rotatable bonds is 6. The van der Waals surface area contributed by atoms with Gasteiger partial charge in [-0.3, -0.25) is 0 Å². The van der Waals surface area contributed by atoms with Crippen LogP contribution >= 0.6 is 0 Å². The van der Waals surface area contributed by atoms with Crippen molar-refractivity contribution in [2.45, 2.75) is 25.2 Å². The molecule has 0 radical (unpaired) electrons. The molecular weight excluding hydrogens is 264 g/mol. The van der Waals surface area contributed by atoms with E-state index < -0.39 is 11.4 Å². The third-order valence-electron chi connectivity index (χ3n) is 3.64. The predicted octanol–water partition coefficient (Wildman–Crippen LogP) is 3.99. The Kier molecular flexibility index (Phi) is 4.66. The van der Waals surface area contributed by atoms with Crippen molar-refractivity contribution in [3.63, 3.8) is 0 Å². The van der Waals surface area contributed by atoms with Crippen LogP contribution in [0.4, 0.5) is 0 Å². The van der Waals surface area contributed by atoms with Gasteiger partial charge in [-0.1, -0.05) is 48.5 Å². The molecular formula is C18H22O3. The second-order valence-corrected chi connectivity index (χ2v) is 5.32. The molecule has 3 heteroatoms. The van der Waals surface area contributed by atoms with Gasteiger partial charge in [0.05, 0.1) is 0 Å². The molecule has 0 amide bonds. The zero-order valence-corrected chi connectivity index (χ0v) is 13.0. The van der Waals surface area contributed by atoms with E-state index in [1.54, 1.807) is 14.2 Å². The van der Waals surface area contributed by atoms with Gasteiger partial charge in [-0.25, -0.2) is 0 Å². The van der Waals surface area contributed by atoms with Crippen LogP contribution in [0.15, 0.2) is 60.7 Å². The van der Waals surface area contributed by atoms with Crippen LogP contribution in [0, 0.1) is 0 Å². The molecule has 0 aliphatic carbocycles. The summed E-state index contributed by atoms with van der Waals surface area (Å²) < 4.78 is 17.7. The molecule has 112 valence electrons. The fourth-order valence-electron chi connectivity index (χ4n) is 2.67. The Hall–Kier alpha value is -1.84. The molecule has 2 aromatic carbocycles. The van der Waals surface area contributed by atoms with E-state index in [2.05, 4.69) is 0 Å². The van der Waals surface area contributed by atoms with Crippen LogP contribution in [0.3, 0.4) is 0 Å². The fraction of sp³-hybridized carbons (Fsp3) is 0.333. The smallest absolute Gasteiger partial charge is 0.235 e. The van der Waals surface area contributed by atoms with Gasteiger partial charge in [0.15, 0.2) is 5.60 Å². The van der Waals surface area contributed by atoms with E-state index in [0.29, 0.717) is 0 Å². The van der Waals surface area contributed by atoms with Crippen LogP contribution in [0.5, 0.6) is 5.75 Å². The minimum Gasteiger partial charge on any atom is -0.482 e. The van der Waals surface area contributed by atoms with Crippen LogP contribution in [0.25, 0.3) is 0 Å². The Morgan fingerprint density at radius 2 is 1.19 bits per heavy atom. The van der Waals surface area contributed by atoms with E-state index in [-0.39, 0.29) is 0 Å². The first-order valence-corrected chi connectivity index (χ1v) is 6.95. The summed E-state index contributed by atoms with van der Waals surface area (Å²) in [6, 6.07) is 19.5. The Labute approximate surface area is 126 Å². The number of ether oxygens (including phenoxy) is 3. The molecule has 0 fully saturated rings. The fourth-order valence-corrected chi connectivity index (χ4v) is 2.67.